The Hall–Kier alpha value is -1.05. The Morgan fingerprint density at radius 2 is 1.90 bits per heavy atom. The molecule has 2 atom stereocenters. The van der Waals surface area contributed by atoms with Gasteiger partial charge < -0.3 is 9.84 Å². The summed E-state index contributed by atoms with van der Waals surface area (Å²) in [6.45, 7) is 4.71. The lowest BCUT2D eigenvalue weighted by Gasteiger charge is -2.44. The van der Waals surface area contributed by atoms with Gasteiger partial charge in [0.1, 0.15) is 6.10 Å². The average molecular weight is 291 g/mol. The molecule has 0 aromatic carbocycles. The molecule has 0 amide bonds. The largest absolute Gasteiger partial charge is 0.458 e. The van der Waals surface area contributed by atoms with Crippen molar-refractivity contribution in [3.63, 3.8) is 0 Å². The van der Waals surface area contributed by atoms with Gasteiger partial charge in [0.15, 0.2) is 0 Å². The predicted molar refractivity (Wildman–Crippen MR) is 79.4 cm³/mol. The maximum absolute atomic E-state index is 12.6. The Kier molecular flexibility index (Phi) is 4.24. The number of rotatable bonds is 3. The first-order valence-corrected chi connectivity index (χ1v) is 8.23. The van der Waals surface area contributed by atoms with Crippen LogP contribution in [0, 0.1) is 23.7 Å². The molecule has 1 aliphatic carbocycles. The molecule has 3 saturated heterocycles. The Balaban J connectivity index is 1.70. The van der Waals surface area contributed by atoms with Crippen LogP contribution in [-0.4, -0.2) is 47.3 Å². The van der Waals surface area contributed by atoms with Crippen LogP contribution in [0.3, 0.4) is 0 Å². The number of nitrogens with zero attached hydrogens (tertiary/aromatic N) is 1. The van der Waals surface area contributed by atoms with Crippen LogP contribution in [0.15, 0.2) is 0 Å². The van der Waals surface area contributed by atoms with Gasteiger partial charge in [-0.3, -0.25) is 4.90 Å². The summed E-state index contributed by atoms with van der Waals surface area (Å²) < 4.78 is 5.72. The van der Waals surface area contributed by atoms with Gasteiger partial charge in [-0.25, -0.2) is 4.79 Å². The second-order valence-corrected chi connectivity index (χ2v) is 6.70. The lowest BCUT2D eigenvalue weighted by molar-refractivity contribution is -0.178. The van der Waals surface area contributed by atoms with E-state index >= 15 is 0 Å². The fraction of sp³-hybridized carbons (Fsp3) is 0.824. The molecule has 3 aliphatic heterocycles. The van der Waals surface area contributed by atoms with E-state index in [0.29, 0.717) is 5.92 Å². The van der Waals surface area contributed by atoms with Gasteiger partial charge in [0.05, 0.1) is 0 Å². The van der Waals surface area contributed by atoms with Gasteiger partial charge >= 0.3 is 5.97 Å². The molecular formula is C17H25NO3. The number of esters is 1. The summed E-state index contributed by atoms with van der Waals surface area (Å²) in [5.74, 6) is 5.36. The van der Waals surface area contributed by atoms with E-state index in [-0.39, 0.29) is 12.0 Å². The molecule has 4 fully saturated rings. The Labute approximate surface area is 126 Å². The van der Waals surface area contributed by atoms with E-state index in [1.54, 1.807) is 6.92 Å². The normalized spacial score (nSPS) is 34.9. The summed E-state index contributed by atoms with van der Waals surface area (Å²) in [5.41, 5.74) is -1.60. The Morgan fingerprint density at radius 3 is 2.43 bits per heavy atom. The van der Waals surface area contributed by atoms with Crippen molar-refractivity contribution in [2.75, 3.05) is 19.6 Å². The highest BCUT2D eigenvalue weighted by Gasteiger charge is 2.47. The molecule has 2 unspecified atom stereocenters. The number of fused-ring (bicyclic) bond motifs is 3. The summed E-state index contributed by atoms with van der Waals surface area (Å²) in [6, 6.07) is 0. The Morgan fingerprint density at radius 1 is 1.24 bits per heavy atom. The van der Waals surface area contributed by atoms with Crippen molar-refractivity contribution in [1.82, 2.24) is 4.90 Å². The molecule has 2 bridgehead atoms. The monoisotopic (exact) mass is 291 g/mol. The van der Waals surface area contributed by atoms with E-state index in [9.17, 15) is 9.90 Å². The van der Waals surface area contributed by atoms with Crippen LogP contribution in [0.4, 0.5) is 0 Å². The van der Waals surface area contributed by atoms with E-state index in [1.165, 1.54) is 0 Å². The highest BCUT2D eigenvalue weighted by Crippen LogP contribution is 2.36. The molecule has 0 spiro atoms. The number of carbonyl (C=O) groups excluding carboxylic acids is 1. The highest BCUT2D eigenvalue weighted by atomic mass is 16.6. The standard InChI is InChI=1S/C17H25NO3/c1-2-9-17(20,14-5-3-4-6-14)16(19)21-15-12-18-10-7-13(15)8-11-18/h13-15,20H,3-8,10-12H2,1H3. The fourth-order valence-corrected chi connectivity index (χ4v) is 4.13. The maximum atomic E-state index is 12.6. The first-order chi connectivity index (χ1) is 10.1. The van der Waals surface area contributed by atoms with Crippen LogP contribution in [-0.2, 0) is 9.53 Å². The van der Waals surface area contributed by atoms with Gasteiger partial charge in [-0.05, 0) is 51.6 Å². The second-order valence-electron chi connectivity index (χ2n) is 6.70. The molecule has 116 valence electrons. The summed E-state index contributed by atoms with van der Waals surface area (Å²) in [7, 11) is 0. The maximum Gasteiger partial charge on any atom is 0.351 e. The topological polar surface area (TPSA) is 49.8 Å². The van der Waals surface area contributed by atoms with E-state index in [2.05, 4.69) is 16.7 Å². The predicted octanol–water partition coefficient (Wildman–Crippen LogP) is 1.57. The third kappa shape index (κ3) is 2.82. The lowest BCUT2D eigenvalue weighted by Crippen LogP contribution is -2.54. The van der Waals surface area contributed by atoms with Crippen LogP contribution in [0.1, 0.15) is 45.4 Å². The van der Waals surface area contributed by atoms with Crippen LogP contribution < -0.4 is 0 Å². The Bertz CT molecular complexity index is 452. The third-order valence-electron chi connectivity index (χ3n) is 5.43. The van der Waals surface area contributed by atoms with Crippen molar-refractivity contribution < 1.29 is 14.6 Å². The SMILES string of the molecule is CC#CC(O)(C(=O)OC1CN2CCC1CC2)C1CCCC1. The van der Waals surface area contributed by atoms with Crippen LogP contribution in [0.5, 0.6) is 0 Å². The minimum absolute atomic E-state index is 0.0633. The lowest BCUT2D eigenvalue weighted by atomic mass is 9.84. The molecule has 4 nitrogen and oxygen atoms in total. The molecule has 3 heterocycles. The molecule has 0 aromatic rings. The summed E-state index contributed by atoms with van der Waals surface area (Å²) in [6.07, 6.45) is 5.97. The van der Waals surface area contributed by atoms with Gasteiger partial charge in [-0.15, -0.1) is 5.92 Å². The van der Waals surface area contributed by atoms with E-state index in [1.807, 2.05) is 0 Å². The van der Waals surface area contributed by atoms with E-state index in [4.69, 9.17) is 4.74 Å². The number of hydrogen-bond donors (Lipinski definition) is 1. The zero-order valence-corrected chi connectivity index (χ0v) is 12.8. The van der Waals surface area contributed by atoms with Crippen molar-refractivity contribution in [1.29, 1.82) is 0 Å². The first-order valence-electron chi connectivity index (χ1n) is 8.23. The number of aliphatic hydroxyl groups is 1. The molecule has 0 radical (unpaired) electrons. The summed E-state index contributed by atoms with van der Waals surface area (Å²) in [4.78, 5) is 14.9. The van der Waals surface area contributed by atoms with Crippen LogP contribution >= 0.6 is 0 Å². The van der Waals surface area contributed by atoms with Crippen LogP contribution in [0.25, 0.3) is 0 Å². The zero-order valence-electron chi connectivity index (χ0n) is 12.8. The second kappa shape index (κ2) is 5.98. The van der Waals surface area contributed by atoms with E-state index < -0.39 is 11.6 Å². The molecule has 4 heteroatoms. The molecule has 21 heavy (non-hydrogen) atoms. The first kappa shape index (κ1) is 14.9. The van der Waals surface area contributed by atoms with Gasteiger partial charge in [-0.1, -0.05) is 18.8 Å². The molecular weight excluding hydrogens is 266 g/mol. The molecule has 1 saturated carbocycles. The minimum atomic E-state index is -1.60. The number of carbonyl (C=O) groups is 1. The quantitative estimate of drug-likeness (QED) is 0.633. The van der Waals surface area contributed by atoms with Crippen molar-refractivity contribution in [2.45, 2.75) is 57.2 Å². The minimum Gasteiger partial charge on any atom is -0.458 e. The zero-order chi connectivity index (χ0) is 14.9. The highest BCUT2D eigenvalue weighted by molar-refractivity contribution is 5.84. The molecule has 4 aliphatic rings. The van der Waals surface area contributed by atoms with E-state index in [0.717, 1.165) is 58.2 Å². The smallest absolute Gasteiger partial charge is 0.351 e. The van der Waals surface area contributed by atoms with Crippen molar-refractivity contribution in [3.05, 3.63) is 0 Å². The third-order valence-corrected chi connectivity index (χ3v) is 5.43. The number of ether oxygens (including phenoxy) is 1. The van der Waals surface area contributed by atoms with Gasteiger partial charge in [0, 0.05) is 12.5 Å². The average Bonchev–Trinajstić information content (AvgIpc) is 3.03. The summed E-state index contributed by atoms with van der Waals surface area (Å²) in [5, 5.41) is 10.8. The number of hydrogen-bond acceptors (Lipinski definition) is 4. The van der Waals surface area contributed by atoms with Gasteiger partial charge in [0.25, 0.3) is 0 Å². The van der Waals surface area contributed by atoms with Gasteiger partial charge in [0.2, 0.25) is 5.60 Å². The summed E-state index contributed by atoms with van der Waals surface area (Å²) >= 11 is 0. The number of piperidine rings is 3. The molecule has 4 rings (SSSR count). The molecule has 1 N–H and O–H groups in total. The van der Waals surface area contributed by atoms with Crippen molar-refractivity contribution >= 4 is 5.97 Å². The van der Waals surface area contributed by atoms with Crippen molar-refractivity contribution in [2.24, 2.45) is 11.8 Å². The van der Waals surface area contributed by atoms with Crippen molar-refractivity contribution in [3.8, 4) is 11.8 Å². The van der Waals surface area contributed by atoms with Crippen LogP contribution in [0.2, 0.25) is 0 Å². The fourth-order valence-electron chi connectivity index (χ4n) is 4.13. The van der Waals surface area contributed by atoms with Gasteiger partial charge in [-0.2, -0.15) is 0 Å². The molecule has 0 aromatic heterocycles.